The summed E-state index contributed by atoms with van der Waals surface area (Å²) in [6, 6.07) is 9.20. The minimum Gasteiger partial charge on any atom is -0.497 e. The Hall–Kier alpha value is -1.02. The van der Waals surface area contributed by atoms with Gasteiger partial charge in [-0.05, 0) is 49.4 Å². The van der Waals surface area contributed by atoms with E-state index in [1.807, 2.05) is 6.07 Å². The van der Waals surface area contributed by atoms with E-state index in [9.17, 15) is 0 Å². The largest absolute Gasteiger partial charge is 0.497 e. The van der Waals surface area contributed by atoms with E-state index in [1.54, 1.807) is 7.11 Å². The smallest absolute Gasteiger partial charge is 0.119 e. The highest BCUT2D eigenvalue weighted by atomic mass is 16.5. The summed E-state index contributed by atoms with van der Waals surface area (Å²) in [5.41, 5.74) is 1.40. The average Bonchev–Trinajstić information content (AvgIpc) is 2.78. The summed E-state index contributed by atoms with van der Waals surface area (Å²) in [4.78, 5) is 0. The number of nitrogens with one attached hydrogen (secondary N) is 1. The van der Waals surface area contributed by atoms with Gasteiger partial charge in [-0.2, -0.15) is 0 Å². The monoisotopic (exact) mass is 233 g/mol. The van der Waals surface area contributed by atoms with Crippen LogP contribution in [-0.4, -0.2) is 19.7 Å². The fourth-order valence-electron chi connectivity index (χ4n) is 2.91. The van der Waals surface area contributed by atoms with Crippen molar-refractivity contribution < 1.29 is 4.74 Å². The first-order valence-electron chi connectivity index (χ1n) is 6.69. The third kappa shape index (κ3) is 3.22. The maximum Gasteiger partial charge on any atom is 0.119 e. The van der Waals surface area contributed by atoms with Crippen LogP contribution in [0.5, 0.6) is 5.75 Å². The number of hydrogen-bond acceptors (Lipinski definition) is 2. The molecule has 2 rings (SSSR count). The average molecular weight is 233 g/mol. The second-order valence-electron chi connectivity index (χ2n) is 4.91. The Labute approximate surface area is 104 Å². The molecule has 0 spiro atoms. The maximum atomic E-state index is 5.28. The fourth-order valence-corrected chi connectivity index (χ4v) is 2.91. The lowest BCUT2D eigenvalue weighted by Crippen LogP contribution is -2.33. The van der Waals surface area contributed by atoms with E-state index in [-0.39, 0.29) is 0 Å². The van der Waals surface area contributed by atoms with E-state index in [0.29, 0.717) is 6.04 Å². The third-order valence-electron chi connectivity index (χ3n) is 3.76. The molecule has 0 aliphatic heterocycles. The molecule has 1 aromatic carbocycles. The molecule has 2 unspecified atom stereocenters. The van der Waals surface area contributed by atoms with Crippen molar-refractivity contribution in [1.29, 1.82) is 0 Å². The zero-order chi connectivity index (χ0) is 12.1. The van der Waals surface area contributed by atoms with Gasteiger partial charge in [0.2, 0.25) is 0 Å². The van der Waals surface area contributed by atoms with Crippen molar-refractivity contribution in [2.75, 3.05) is 13.7 Å². The van der Waals surface area contributed by atoms with Crippen molar-refractivity contribution in [1.82, 2.24) is 5.32 Å². The van der Waals surface area contributed by atoms with Gasteiger partial charge in [0.1, 0.15) is 5.75 Å². The Morgan fingerprint density at radius 2 is 2.24 bits per heavy atom. The van der Waals surface area contributed by atoms with Crippen molar-refractivity contribution >= 4 is 0 Å². The zero-order valence-corrected chi connectivity index (χ0v) is 10.9. The predicted molar refractivity (Wildman–Crippen MR) is 71.5 cm³/mol. The Kier molecular flexibility index (Phi) is 4.43. The number of methoxy groups -OCH3 is 1. The molecular weight excluding hydrogens is 210 g/mol. The van der Waals surface area contributed by atoms with Crippen LogP contribution in [0.4, 0.5) is 0 Å². The minimum absolute atomic E-state index is 0.714. The topological polar surface area (TPSA) is 21.3 Å². The van der Waals surface area contributed by atoms with E-state index < -0.39 is 0 Å². The lowest BCUT2D eigenvalue weighted by Gasteiger charge is -2.20. The van der Waals surface area contributed by atoms with E-state index in [2.05, 4.69) is 30.4 Å². The Bertz CT molecular complexity index is 351. The molecule has 0 saturated heterocycles. The van der Waals surface area contributed by atoms with Gasteiger partial charge in [0.15, 0.2) is 0 Å². The molecule has 1 aliphatic rings. The highest BCUT2D eigenvalue weighted by Gasteiger charge is 2.26. The second-order valence-corrected chi connectivity index (χ2v) is 4.91. The molecule has 1 aliphatic carbocycles. The standard InChI is InChI=1S/C15H23NO/c1-3-16-15-9-5-7-13(15)10-12-6-4-8-14(11-12)17-2/h4,6,8,11,13,15-16H,3,5,7,9-10H2,1-2H3. The van der Waals surface area contributed by atoms with Crippen LogP contribution in [0, 0.1) is 5.92 Å². The van der Waals surface area contributed by atoms with Crippen molar-refractivity contribution in [2.45, 2.75) is 38.6 Å². The number of hydrogen-bond donors (Lipinski definition) is 1. The van der Waals surface area contributed by atoms with Gasteiger partial charge in [0, 0.05) is 6.04 Å². The molecule has 94 valence electrons. The molecule has 17 heavy (non-hydrogen) atoms. The van der Waals surface area contributed by atoms with E-state index >= 15 is 0 Å². The summed E-state index contributed by atoms with van der Waals surface area (Å²) in [6.07, 6.45) is 5.23. The number of rotatable bonds is 5. The molecule has 2 nitrogen and oxygen atoms in total. The molecule has 0 amide bonds. The second kappa shape index (κ2) is 6.06. The van der Waals surface area contributed by atoms with Gasteiger partial charge in [-0.3, -0.25) is 0 Å². The lowest BCUT2D eigenvalue weighted by atomic mass is 9.94. The molecule has 1 saturated carbocycles. The SMILES string of the molecule is CCNC1CCCC1Cc1cccc(OC)c1. The molecule has 0 aromatic heterocycles. The summed E-state index contributed by atoms with van der Waals surface area (Å²) in [7, 11) is 1.73. The van der Waals surface area contributed by atoms with Crippen LogP contribution >= 0.6 is 0 Å². The first kappa shape index (κ1) is 12.4. The van der Waals surface area contributed by atoms with Crippen LogP contribution in [-0.2, 0) is 6.42 Å². The Morgan fingerprint density at radius 3 is 3.00 bits per heavy atom. The van der Waals surface area contributed by atoms with Crippen molar-refractivity contribution in [3.05, 3.63) is 29.8 Å². The van der Waals surface area contributed by atoms with Gasteiger partial charge in [-0.25, -0.2) is 0 Å². The van der Waals surface area contributed by atoms with E-state index in [4.69, 9.17) is 4.74 Å². The maximum absolute atomic E-state index is 5.28. The normalized spacial score (nSPS) is 23.9. The zero-order valence-electron chi connectivity index (χ0n) is 10.9. The van der Waals surface area contributed by atoms with Gasteiger partial charge >= 0.3 is 0 Å². The molecule has 1 fully saturated rings. The minimum atomic E-state index is 0.714. The van der Waals surface area contributed by atoms with Crippen LogP contribution < -0.4 is 10.1 Å². The number of ether oxygens (including phenoxy) is 1. The van der Waals surface area contributed by atoms with Gasteiger partial charge in [-0.1, -0.05) is 25.5 Å². The van der Waals surface area contributed by atoms with Crippen LogP contribution in [0.25, 0.3) is 0 Å². The predicted octanol–water partition coefficient (Wildman–Crippen LogP) is 3.02. The molecule has 0 heterocycles. The molecule has 2 heteroatoms. The molecular formula is C15H23NO. The molecule has 0 bridgehead atoms. The lowest BCUT2D eigenvalue weighted by molar-refractivity contribution is 0.401. The third-order valence-corrected chi connectivity index (χ3v) is 3.76. The quantitative estimate of drug-likeness (QED) is 0.844. The van der Waals surface area contributed by atoms with Crippen LogP contribution in [0.1, 0.15) is 31.7 Å². The Morgan fingerprint density at radius 1 is 1.35 bits per heavy atom. The molecule has 1 aromatic rings. The van der Waals surface area contributed by atoms with Crippen molar-refractivity contribution in [3.63, 3.8) is 0 Å². The summed E-state index contributed by atoms with van der Waals surface area (Å²) in [5, 5.41) is 3.61. The van der Waals surface area contributed by atoms with Crippen LogP contribution in [0.3, 0.4) is 0 Å². The summed E-state index contributed by atoms with van der Waals surface area (Å²) in [5.74, 6) is 1.77. The van der Waals surface area contributed by atoms with Gasteiger partial charge in [-0.15, -0.1) is 0 Å². The van der Waals surface area contributed by atoms with Gasteiger partial charge < -0.3 is 10.1 Å². The first-order valence-corrected chi connectivity index (χ1v) is 6.69. The Balaban J connectivity index is 1.99. The first-order chi connectivity index (χ1) is 8.33. The van der Waals surface area contributed by atoms with Crippen molar-refractivity contribution in [2.24, 2.45) is 5.92 Å². The van der Waals surface area contributed by atoms with Gasteiger partial charge in [0.25, 0.3) is 0 Å². The van der Waals surface area contributed by atoms with Crippen LogP contribution in [0.15, 0.2) is 24.3 Å². The summed E-state index contributed by atoms with van der Waals surface area (Å²) < 4.78 is 5.28. The fraction of sp³-hybridized carbons (Fsp3) is 0.600. The van der Waals surface area contributed by atoms with E-state index in [1.165, 1.54) is 31.2 Å². The number of benzene rings is 1. The molecule has 2 atom stereocenters. The highest BCUT2D eigenvalue weighted by molar-refractivity contribution is 5.28. The van der Waals surface area contributed by atoms with Crippen molar-refractivity contribution in [3.8, 4) is 5.75 Å². The van der Waals surface area contributed by atoms with Gasteiger partial charge in [0.05, 0.1) is 7.11 Å². The van der Waals surface area contributed by atoms with E-state index in [0.717, 1.165) is 18.2 Å². The molecule has 1 N–H and O–H groups in total. The summed E-state index contributed by atoms with van der Waals surface area (Å²) >= 11 is 0. The highest BCUT2D eigenvalue weighted by Crippen LogP contribution is 2.29. The molecule has 0 radical (unpaired) electrons. The summed E-state index contributed by atoms with van der Waals surface area (Å²) in [6.45, 7) is 3.28. The van der Waals surface area contributed by atoms with Crippen LogP contribution in [0.2, 0.25) is 0 Å².